The molecule has 1 aromatic rings. The molecular formula is C20H23F2NO7. The molecule has 10 heteroatoms. The molecule has 0 aromatic heterocycles. The number of allylic oxidation sites excluding steroid dienone is 2. The van der Waals surface area contributed by atoms with Gasteiger partial charge in [0.1, 0.15) is 30.3 Å². The Morgan fingerprint density at radius 1 is 1.40 bits per heavy atom. The van der Waals surface area contributed by atoms with Crippen LogP contribution < -0.4 is 4.74 Å². The smallest absolute Gasteiger partial charge is 0.382 e. The van der Waals surface area contributed by atoms with Crippen LogP contribution >= 0.6 is 0 Å². The quantitative estimate of drug-likeness (QED) is 0.242. The van der Waals surface area contributed by atoms with Gasteiger partial charge in [-0.2, -0.15) is 8.78 Å². The van der Waals surface area contributed by atoms with Crippen molar-refractivity contribution < 1.29 is 38.1 Å². The third-order valence-electron chi connectivity index (χ3n) is 5.64. The van der Waals surface area contributed by atoms with Crippen LogP contribution in [0.15, 0.2) is 23.8 Å². The zero-order valence-electron chi connectivity index (χ0n) is 16.8. The molecule has 0 saturated heterocycles. The third kappa shape index (κ3) is 4.03. The fourth-order valence-corrected chi connectivity index (χ4v) is 4.20. The molecule has 1 aromatic carbocycles. The Bertz CT molecular complexity index is 897. The van der Waals surface area contributed by atoms with Gasteiger partial charge in [0.2, 0.25) is 0 Å². The molecule has 2 atom stereocenters. The number of benzene rings is 1. The molecular weight excluding hydrogens is 404 g/mol. The first-order valence-electron chi connectivity index (χ1n) is 9.48. The fraction of sp³-hybridized carbons (Fsp3) is 0.550. The number of phenolic OH excluding ortho intramolecular Hbond substituents is 1. The SMILES string of the molecule is CC1=CCC2C(C1)c1c(O)cc(C(F)(F)C(=O)OCCO[N+](=O)[O-])cc1OC2(C)C. The third-order valence-corrected chi connectivity index (χ3v) is 5.64. The summed E-state index contributed by atoms with van der Waals surface area (Å²) >= 11 is 0. The van der Waals surface area contributed by atoms with Crippen LogP contribution in [-0.4, -0.2) is 35.0 Å². The zero-order chi connectivity index (χ0) is 22.3. The summed E-state index contributed by atoms with van der Waals surface area (Å²) in [7, 11) is 0. The summed E-state index contributed by atoms with van der Waals surface area (Å²) in [5.74, 6) is -6.28. The molecule has 30 heavy (non-hydrogen) atoms. The minimum Gasteiger partial charge on any atom is -0.508 e. The van der Waals surface area contributed by atoms with Crippen LogP contribution in [0, 0.1) is 16.0 Å². The monoisotopic (exact) mass is 427 g/mol. The number of ether oxygens (including phenoxy) is 2. The molecule has 0 bridgehead atoms. The largest absolute Gasteiger partial charge is 0.508 e. The Labute approximate surface area is 171 Å². The number of hydrogen-bond donors (Lipinski definition) is 1. The van der Waals surface area contributed by atoms with Crippen molar-refractivity contribution in [1.82, 2.24) is 0 Å². The number of hydrogen-bond acceptors (Lipinski definition) is 7. The molecule has 3 rings (SSSR count). The van der Waals surface area contributed by atoms with E-state index in [9.17, 15) is 28.8 Å². The molecule has 1 N–H and O–H groups in total. The average Bonchev–Trinajstić information content (AvgIpc) is 2.63. The second-order valence-corrected chi connectivity index (χ2v) is 8.08. The van der Waals surface area contributed by atoms with E-state index in [4.69, 9.17) is 4.74 Å². The number of alkyl halides is 2. The lowest BCUT2D eigenvalue weighted by Gasteiger charge is -2.47. The van der Waals surface area contributed by atoms with E-state index in [1.54, 1.807) is 0 Å². The molecule has 0 saturated carbocycles. The summed E-state index contributed by atoms with van der Waals surface area (Å²) < 4.78 is 39.7. The first kappa shape index (κ1) is 21.8. The highest BCUT2D eigenvalue weighted by Crippen LogP contribution is 2.55. The van der Waals surface area contributed by atoms with Crippen molar-refractivity contribution in [2.24, 2.45) is 5.92 Å². The Morgan fingerprint density at radius 2 is 2.10 bits per heavy atom. The Hall–Kier alpha value is -2.91. The van der Waals surface area contributed by atoms with E-state index >= 15 is 0 Å². The van der Waals surface area contributed by atoms with Gasteiger partial charge in [0.25, 0.3) is 5.09 Å². The number of carbonyl (C=O) groups is 1. The molecule has 2 aliphatic rings. The highest BCUT2D eigenvalue weighted by atomic mass is 19.3. The highest BCUT2D eigenvalue weighted by molar-refractivity contribution is 5.80. The molecule has 0 amide bonds. The van der Waals surface area contributed by atoms with Crippen LogP contribution in [0.4, 0.5) is 8.78 Å². The van der Waals surface area contributed by atoms with Gasteiger partial charge in [-0.1, -0.05) is 11.6 Å². The van der Waals surface area contributed by atoms with Gasteiger partial charge >= 0.3 is 11.9 Å². The van der Waals surface area contributed by atoms with Crippen molar-refractivity contribution in [1.29, 1.82) is 0 Å². The normalized spacial score (nSPS) is 22.1. The predicted octanol–water partition coefficient (Wildman–Crippen LogP) is 3.85. The van der Waals surface area contributed by atoms with Crippen molar-refractivity contribution in [3.63, 3.8) is 0 Å². The van der Waals surface area contributed by atoms with Gasteiger partial charge in [0.15, 0.2) is 0 Å². The van der Waals surface area contributed by atoms with Crippen molar-refractivity contribution in [3.8, 4) is 11.5 Å². The number of halogens is 2. The number of carbonyl (C=O) groups excluding carboxylic acids is 1. The second kappa shape index (κ2) is 7.73. The lowest BCUT2D eigenvalue weighted by Crippen LogP contribution is -2.45. The molecule has 0 radical (unpaired) electrons. The van der Waals surface area contributed by atoms with Crippen molar-refractivity contribution in [3.05, 3.63) is 45.0 Å². The van der Waals surface area contributed by atoms with Crippen LogP contribution in [0.25, 0.3) is 0 Å². The minimum atomic E-state index is -4.09. The average molecular weight is 427 g/mol. The zero-order valence-corrected chi connectivity index (χ0v) is 16.8. The highest BCUT2D eigenvalue weighted by Gasteiger charge is 2.48. The van der Waals surface area contributed by atoms with Gasteiger partial charge < -0.3 is 19.4 Å². The van der Waals surface area contributed by atoms with Crippen LogP contribution in [0.1, 0.15) is 50.7 Å². The van der Waals surface area contributed by atoms with Crippen LogP contribution in [0.2, 0.25) is 0 Å². The van der Waals surface area contributed by atoms with Gasteiger partial charge in [-0.25, -0.2) is 4.79 Å². The van der Waals surface area contributed by atoms with E-state index in [0.29, 0.717) is 12.0 Å². The van der Waals surface area contributed by atoms with Crippen molar-refractivity contribution in [2.45, 2.75) is 51.1 Å². The van der Waals surface area contributed by atoms with Gasteiger partial charge in [-0.3, -0.25) is 0 Å². The Balaban J connectivity index is 1.89. The first-order valence-corrected chi connectivity index (χ1v) is 9.48. The maximum Gasteiger partial charge on any atom is 0.382 e. The number of esters is 1. The van der Waals surface area contributed by atoms with Crippen LogP contribution in [0.3, 0.4) is 0 Å². The summed E-state index contributed by atoms with van der Waals surface area (Å²) in [6.07, 6.45) is 3.54. The molecule has 1 aliphatic heterocycles. The fourth-order valence-electron chi connectivity index (χ4n) is 4.20. The van der Waals surface area contributed by atoms with Crippen molar-refractivity contribution in [2.75, 3.05) is 13.2 Å². The number of rotatable bonds is 6. The molecule has 1 heterocycles. The van der Waals surface area contributed by atoms with Gasteiger partial charge in [-0.05, 0) is 45.7 Å². The van der Waals surface area contributed by atoms with E-state index < -0.39 is 41.4 Å². The maximum absolute atomic E-state index is 14.6. The number of nitrogens with zero attached hydrogens (tertiary/aromatic N) is 1. The van der Waals surface area contributed by atoms with E-state index in [-0.39, 0.29) is 23.3 Å². The lowest BCUT2D eigenvalue weighted by molar-refractivity contribution is -0.757. The van der Waals surface area contributed by atoms with E-state index in [0.717, 1.165) is 24.1 Å². The van der Waals surface area contributed by atoms with Gasteiger partial charge in [0.05, 0.1) is 0 Å². The van der Waals surface area contributed by atoms with E-state index in [1.165, 1.54) is 0 Å². The molecule has 164 valence electrons. The number of aromatic hydroxyl groups is 1. The summed E-state index contributed by atoms with van der Waals surface area (Å²) in [6, 6.07) is 1.90. The summed E-state index contributed by atoms with van der Waals surface area (Å²) in [5, 5.41) is 19.5. The van der Waals surface area contributed by atoms with Gasteiger partial charge in [-0.15, -0.1) is 10.1 Å². The second-order valence-electron chi connectivity index (χ2n) is 8.08. The Morgan fingerprint density at radius 3 is 2.77 bits per heavy atom. The lowest BCUT2D eigenvalue weighted by atomic mass is 9.67. The molecule has 0 fully saturated rings. The molecule has 8 nitrogen and oxygen atoms in total. The first-order chi connectivity index (χ1) is 13.9. The van der Waals surface area contributed by atoms with Crippen LogP contribution in [0.5, 0.6) is 11.5 Å². The summed E-state index contributed by atoms with van der Waals surface area (Å²) in [5.41, 5.74) is 0.167. The van der Waals surface area contributed by atoms with Crippen molar-refractivity contribution >= 4 is 5.97 Å². The van der Waals surface area contributed by atoms with Crippen LogP contribution in [-0.2, 0) is 20.3 Å². The standard InChI is InChI=1S/C20H23F2NO7/c1-11-4-5-14-13(8-11)17-15(24)9-12(10-16(17)30-19(14,2)3)20(21,22)18(25)28-6-7-29-23(26)27/h4,9-10,13-14,24H,5-8H2,1-3H3. The minimum absolute atomic E-state index is 0.0671. The molecule has 2 unspecified atom stereocenters. The Kier molecular flexibility index (Phi) is 5.62. The summed E-state index contributed by atoms with van der Waals surface area (Å²) in [6.45, 7) is 4.33. The molecule has 1 aliphatic carbocycles. The number of phenols is 1. The maximum atomic E-state index is 14.6. The molecule has 0 spiro atoms. The predicted molar refractivity (Wildman–Crippen MR) is 99.8 cm³/mol. The van der Waals surface area contributed by atoms with E-state index in [2.05, 4.69) is 15.7 Å². The number of fused-ring (bicyclic) bond motifs is 3. The summed E-state index contributed by atoms with van der Waals surface area (Å²) in [4.78, 5) is 25.8. The van der Waals surface area contributed by atoms with Gasteiger partial charge in [0, 0.05) is 23.0 Å². The topological polar surface area (TPSA) is 108 Å². The van der Waals surface area contributed by atoms with E-state index in [1.807, 2.05) is 20.8 Å².